The van der Waals surface area contributed by atoms with Gasteiger partial charge in [0, 0.05) is 43.3 Å². The van der Waals surface area contributed by atoms with Gasteiger partial charge in [0.1, 0.15) is 12.0 Å². The van der Waals surface area contributed by atoms with Crippen LogP contribution >= 0.6 is 11.6 Å². The van der Waals surface area contributed by atoms with Crippen LogP contribution < -0.4 is 4.74 Å². The molecule has 1 saturated heterocycles. The summed E-state index contributed by atoms with van der Waals surface area (Å²) in [6, 6.07) is 13.4. The highest BCUT2D eigenvalue weighted by Gasteiger charge is 2.22. The standard InChI is InChI=1S/C24H26ClN3O3/c1-17-11-18(2)13-22(12-17)30-16-23(29)28-9-7-27(8-10-28)14-21-15-31-24(26-21)19-3-5-20(25)6-4-19/h3-6,11-13,15H,7-10,14,16H2,1-2H3. The van der Waals surface area contributed by atoms with Crippen molar-refractivity contribution >= 4 is 17.5 Å². The summed E-state index contributed by atoms with van der Waals surface area (Å²) in [5.74, 6) is 1.35. The third-order valence-corrected chi connectivity index (χ3v) is 5.56. The van der Waals surface area contributed by atoms with E-state index in [0.29, 0.717) is 30.5 Å². The Balaban J connectivity index is 1.25. The number of amides is 1. The molecular formula is C24H26ClN3O3. The van der Waals surface area contributed by atoms with E-state index in [9.17, 15) is 4.79 Å². The first-order valence-corrected chi connectivity index (χ1v) is 10.8. The van der Waals surface area contributed by atoms with Gasteiger partial charge in [-0.2, -0.15) is 0 Å². The number of carbonyl (C=O) groups excluding carboxylic acids is 1. The molecular weight excluding hydrogens is 414 g/mol. The van der Waals surface area contributed by atoms with E-state index < -0.39 is 0 Å². The second-order valence-electron chi connectivity index (χ2n) is 7.92. The molecule has 0 radical (unpaired) electrons. The van der Waals surface area contributed by atoms with Crippen LogP contribution in [-0.2, 0) is 11.3 Å². The quantitative estimate of drug-likeness (QED) is 0.572. The van der Waals surface area contributed by atoms with E-state index in [0.717, 1.165) is 41.2 Å². The first-order chi connectivity index (χ1) is 15.0. The van der Waals surface area contributed by atoms with Crippen LogP contribution in [0, 0.1) is 13.8 Å². The van der Waals surface area contributed by atoms with Gasteiger partial charge in [-0.25, -0.2) is 4.98 Å². The molecule has 0 N–H and O–H groups in total. The van der Waals surface area contributed by atoms with Gasteiger partial charge in [-0.3, -0.25) is 9.69 Å². The summed E-state index contributed by atoms with van der Waals surface area (Å²) >= 11 is 5.94. The Bertz CT molecular complexity index is 1020. The Labute approximate surface area is 187 Å². The molecule has 7 heteroatoms. The number of hydrogen-bond acceptors (Lipinski definition) is 5. The number of hydrogen-bond donors (Lipinski definition) is 0. The van der Waals surface area contributed by atoms with E-state index in [1.165, 1.54) is 0 Å². The average molecular weight is 440 g/mol. The number of rotatable bonds is 6. The summed E-state index contributed by atoms with van der Waals surface area (Å²) in [5, 5.41) is 0.683. The van der Waals surface area contributed by atoms with Gasteiger partial charge in [-0.05, 0) is 61.4 Å². The number of aryl methyl sites for hydroxylation is 2. The van der Waals surface area contributed by atoms with Crippen molar-refractivity contribution in [1.82, 2.24) is 14.8 Å². The molecule has 31 heavy (non-hydrogen) atoms. The van der Waals surface area contributed by atoms with E-state index in [1.807, 2.05) is 55.1 Å². The van der Waals surface area contributed by atoms with E-state index in [4.69, 9.17) is 20.8 Å². The van der Waals surface area contributed by atoms with Gasteiger partial charge in [0.15, 0.2) is 6.61 Å². The summed E-state index contributed by atoms with van der Waals surface area (Å²) in [6.45, 7) is 7.74. The lowest BCUT2D eigenvalue weighted by Gasteiger charge is -2.34. The Morgan fingerprint density at radius 3 is 2.42 bits per heavy atom. The summed E-state index contributed by atoms with van der Waals surface area (Å²) in [4.78, 5) is 21.3. The molecule has 6 nitrogen and oxygen atoms in total. The number of benzene rings is 2. The molecule has 2 aromatic carbocycles. The molecule has 1 aliphatic rings. The minimum Gasteiger partial charge on any atom is -0.484 e. The molecule has 0 saturated carbocycles. The normalized spacial score (nSPS) is 14.6. The maximum atomic E-state index is 12.5. The number of piperazine rings is 1. The van der Waals surface area contributed by atoms with Gasteiger partial charge >= 0.3 is 0 Å². The van der Waals surface area contributed by atoms with Crippen LogP contribution in [0.3, 0.4) is 0 Å². The third kappa shape index (κ3) is 5.66. The molecule has 0 aliphatic carbocycles. The zero-order valence-electron chi connectivity index (χ0n) is 17.8. The Morgan fingerprint density at radius 1 is 1.06 bits per heavy atom. The fraction of sp³-hybridized carbons (Fsp3) is 0.333. The number of halogens is 1. The van der Waals surface area contributed by atoms with Crippen molar-refractivity contribution in [2.75, 3.05) is 32.8 Å². The van der Waals surface area contributed by atoms with Crippen LogP contribution in [0.15, 0.2) is 53.1 Å². The van der Waals surface area contributed by atoms with Gasteiger partial charge in [0.05, 0.1) is 5.69 Å². The number of nitrogens with zero attached hydrogens (tertiary/aromatic N) is 3. The van der Waals surface area contributed by atoms with Gasteiger partial charge in [-0.1, -0.05) is 17.7 Å². The van der Waals surface area contributed by atoms with E-state index in [1.54, 1.807) is 6.26 Å². The first kappa shape index (κ1) is 21.4. The lowest BCUT2D eigenvalue weighted by Crippen LogP contribution is -2.49. The molecule has 2 heterocycles. The zero-order valence-corrected chi connectivity index (χ0v) is 18.6. The highest BCUT2D eigenvalue weighted by Crippen LogP contribution is 2.22. The molecule has 3 aromatic rings. The number of carbonyl (C=O) groups is 1. The predicted molar refractivity (Wildman–Crippen MR) is 120 cm³/mol. The van der Waals surface area contributed by atoms with Crippen molar-refractivity contribution < 1.29 is 13.9 Å². The number of oxazole rings is 1. The van der Waals surface area contributed by atoms with Gasteiger partial charge in [0.25, 0.3) is 5.91 Å². The van der Waals surface area contributed by atoms with Crippen LogP contribution in [0.25, 0.3) is 11.5 Å². The van der Waals surface area contributed by atoms with E-state index in [2.05, 4.69) is 16.0 Å². The lowest BCUT2D eigenvalue weighted by molar-refractivity contribution is -0.135. The maximum Gasteiger partial charge on any atom is 0.260 e. The maximum absolute atomic E-state index is 12.5. The van der Waals surface area contributed by atoms with Crippen molar-refractivity contribution in [1.29, 1.82) is 0 Å². The van der Waals surface area contributed by atoms with Crippen molar-refractivity contribution in [2.45, 2.75) is 20.4 Å². The number of ether oxygens (including phenoxy) is 1. The SMILES string of the molecule is Cc1cc(C)cc(OCC(=O)N2CCN(Cc3coc(-c4ccc(Cl)cc4)n3)CC2)c1. The zero-order chi connectivity index (χ0) is 21.8. The number of aromatic nitrogens is 1. The second-order valence-corrected chi connectivity index (χ2v) is 8.36. The van der Waals surface area contributed by atoms with Crippen LogP contribution in [0.4, 0.5) is 0 Å². The predicted octanol–water partition coefficient (Wildman–Crippen LogP) is 4.34. The summed E-state index contributed by atoms with van der Waals surface area (Å²) in [6.07, 6.45) is 1.69. The Morgan fingerprint density at radius 2 is 1.74 bits per heavy atom. The van der Waals surface area contributed by atoms with Crippen molar-refractivity contribution in [3.8, 4) is 17.2 Å². The molecule has 0 spiro atoms. The smallest absolute Gasteiger partial charge is 0.260 e. The second kappa shape index (κ2) is 9.54. The Kier molecular flexibility index (Phi) is 6.59. The molecule has 1 aliphatic heterocycles. The van der Waals surface area contributed by atoms with Crippen LogP contribution in [0.5, 0.6) is 5.75 Å². The molecule has 0 bridgehead atoms. The largest absolute Gasteiger partial charge is 0.484 e. The average Bonchev–Trinajstić information content (AvgIpc) is 3.21. The third-order valence-electron chi connectivity index (χ3n) is 5.31. The van der Waals surface area contributed by atoms with Crippen molar-refractivity contribution in [3.05, 3.63) is 70.6 Å². The molecule has 0 unspecified atom stereocenters. The topological polar surface area (TPSA) is 58.8 Å². The van der Waals surface area contributed by atoms with Crippen LogP contribution in [0.1, 0.15) is 16.8 Å². The van der Waals surface area contributed by atoms with Crippen LogP contribution in [0.2, 0.25) is 5.02 Å². The summed E-state index contributed by atoms with van der Waals surface area (Å²) < 4.78 is 11.3. The monoisotopic (exact) mass is 439 g/mol. The molecule has 1 aromatic heterocycles. The van der Waals surface area contributed by atoms with E-state index >= 15 is 0 Å². The molecule has 0 atom stereocenters. The lowest BCUT2D eigenvalue weighted by atomic mass is 10.1. The Hall–Kier alpha value is -2.83. The molecule has 1 fully saturated rings. The first-order valence-electron chi connectivity index (χ1n) is 10.4. The fourth-order valence-electron chi connectivity index (χ4n) is 3.74. The van der Waals surface area contributed by atoms with Crippen LogP contribution in [-0.4, -0.2) is 53.5 Å². The highest BCUT2D eigenvalue weighted by atomic mass is 35.5. The van der Waals surface area contributed by atoms with E-state index in [-0.39, 0.29) is 12.5 Å². The molecule has 162 valence electrons. The summed E-state index contributed by atoms with van der Waals surface area (Å²) in [7, 11) is 0. The fourth-order valence-corrected chi connectivity index (χ4v) is 3.87. The minimum atomic E-state index is 0.0188. The van der Waals surface area contributed by atoms with Gasteiger partial charge in [0.2, 0.25) is 5.89 Å². The highest BCUT2D eigenvalue weighted by molar-refractivity contribution is 6.30. The van der Waals surface area contributed by atoms with Gasteiger partial charge < -0.3 is 14.1 Å². The van der Waals surface area contributed by atoms with Gasteiger partial charge in [-0.15, -0.1) is 0 Å². The van der Waals surface area contributed by atoms with Crippen molar-refractivity contribution in [2.24, 2.45) is 0 Å². The summed E-state index contributed by atoms with van der Waals surface area (Å²) in [5.41, 5.74) is 4.03. The van der Waals surface area contributed by atoms with Crippen molar-refractivity contribution in [3.63, 3.8) is 0 Å². The molecule has 4 rings (SSSR count). The molecule has 1 amide bonds. The minimum absolute atomic E-state index is 0.0188.